The second kappa shape index (κ2) is 7.28. The number of hydrogen-bond acceptors (Lipinski definition) is 5. The van der Waals surface area contributed by atoms with Crippen LogP contribution < -0.4 is 4.90 Å². The van der Waals surface area contributed by atoms with E-state index in [0.717, 1.165) is 54.8 Å². The summed E-state index contributed by atoms with van der Waals surface area (Å²) in [5.41, 5.74) is 1.27. The second-order valence-electron chi connectivity index (χ2n) is 6.38. The van der Waals surface area contributed by atoms with Crippen molar-refractivity contribution in [2.24, 2.45) is 0 Å². The Hall–Kier alpha value is -1.69. The predicted octanol–water partition coefficient (Wildman–Crippen LogP) is 4.23. The van der Waals surface area contributed by atoms with Crippen LogP contribution >= 0.6 is 22.9 Å². The molecule has 0 spiro atoms. The summed E-state index contributed by atoms with van der Waals surface area (Å²) in [5, 5.41) is 2.01. The molecule has 0 radical (unpaired) electrons. The molecule has 0 atom stereocenters. The number of thiophene rings is 1. The van der Waals surface area contributed by atoms with Crippen LogP contribution in [0.1, 0.15) is 17.4 Å². The Kier molecular flexibility index (Phi) is 4.88. The van der Waals surface area contributed by atoms with E-state index in [-0.39, 0.29) is 0 Å². The summed E-state index contributed by atoms with van der Waals surface area (Å²) in [6.07, 6.45) is 2.75. The van der Waals surface area contributed by atoms with Gasteiger partial charge >= 0.3 is 0 Å². The Balaban J connectivity index is 1.46. The van der Waals surface area contributed by atoms with E-state index in [1.165, 1.54) is 15.8 Å². The Bertz CT molecular complexity index is 871. The van der Waals surface area contributed by atoms with Crippen LogP contribution in [0.3, 0.4) is 0 Å². The number of piperazine rings is 1. The third-order valence-electron chi connectivity index (χ3n) is 4.67. The van der Waals surface area contributed by atoms with Gasteiger partial charge in [-0.2, -0.15) is 0 Å². The number of benzene rings is 1. The molecule has 2 aromatic heterocycles. The summed E-state index contributed by atoms with van der Waals surface area (Å²) in [4.78, 5) is 16.4. The summed E-state index contributed by atoms with van der Waals surface area (Å²) < 4.78 is 0. The van der Waals surface area contributed by atoms with Crippen LogP contribution in [-0.4, -0.2) is 41.0 Å². The van der Waals surface area contributed by atoms with Gasteiger partial charge in [0.25, 0.3) is 0 Å². The fourth-order valence-electron chi connectivity index (χ4n) is 3.33. The molecule has 0 bridgehead atoms. The van der Waals surface area contributed by atoms with Gasteiger partial charge in [0, 0.05) is 42.6 Å². The zero-order chi connectivity index (χ0) is 17.2. The summed E-state index contributed by atoms with van der Waals surface area (Å²) >= 11 is 7.87. The Morgan fingerprint density at radius 1 is 1.12 bits per heavy atom. The highest BCUT2D eigenvalue weighted by atomic mass is 35.5. The first kappa shape index (κ1) is 16.8. The minimum atomic E-state index is 0.809. The zero-order valence-corrected chi connectivity index (χ0v) is 15.9. The molecule has 1 saturated heterocycles. The topological polar surface area (TPSA) is 32.3 Å². The number of anilines is 1. The van der Waals surface area contributed by atoms with Crippen molar-refractivity contribution in [1.29, 1.82) is 0 Å². The van der Waals surface area contributed by atoms with E-state index in [9.17, 15) is 0 Å². The number of hydrogen-bond donors (Lipinski definition) is 0. The third-order valence-corrected chi connectivity index (χ3v) is 6.10. The maximum atomic E-state index is 6.10. The predicted molar refractivity (Wildman–Crippen MR) is 106 cm³/mol. The normalized spacial score (nSPS) is 15.8. The molecule has 1 aliphatic heterocycles. The van der Waals surface area contributed by atoms with Crippen molar-refractivity contribution < 1.29 is 0 Å². The van der Waals surface area contributed by atoms with Gasteiger partial charge in [0.15, 0.2) is 0 Å². The third kappa shape index (κ3) is 3.64. The standard InChI is InChI=1S/C19H21ClN4S/c1-2-16-11-17-18(21-13-22-19(17)25-16)24-8-6-23(7-9-24)12-14-4-3-5-15(20)10-14/h3-5,10-11,13H,2,6-9,12H2,1H3. The highest BCUT2D eigenvalue weighted by Crippen LogP contribution is 2.31. The molecular weight excluding hydrogens is 352 g/mol. The van der Waals surface area contributed by atoms with Crippen LogP contribution in [0.2, 0.25) is 5.02 Å². The zero-order valence-electron chi connectivity index (χ0n) is 14.3. The van der Waals surface area contributed by atoms with Gasteiger partial charge in [-0.05, 0) is 30.2 Å². The lowest BCUT2D eigenvalue weighted by molar-refractivity contribution is 0.249. The molecule has 3 aromatic rings. The largest absolute Gasteiger partial charge is 0.353 e. The van der Waals surface area contributed by atoms with Crippen molar-refractivity contribution in [3.05, 3.63) is 52.1 Å². The smallest absolute Gasteiger partial charge is 0.140 e. The second-order valence-corrected chi connectivity index (χ2v) is 7.93. The summed E-state index contributed by atoms with van der Waals surface area (Å²) in [7, 11) is 0. The molecule has 0 aliphatic carbocycles. The van der Waals surface area contributed by atoms with Crippen LogP contribution in [0.5, 0.6) is 0 Å². The van der Waals surface area contributed by atoms with Crippen LogP contribution in [0.15, 0.2) is 36.7 Å². The SMILES string of the molecule is CCc1cc2c(N3CCN(Cc4cccc(Cl)c4)CC3)ncnc2s1. The van der Waals surface area contributed by atoms with Crippen LogP contribution in [0.25, 0.3) is 10.2 Å². The van der Waals surface area contributed by atoms with Crippen molar-refractivity contribution in [1.82, 2.24) is 14.9 Å². The molecule has 130 valence electrons. The Morgan fingerprint density at radius 3 is 2.72 bits per heavy atom. The molecule has 1 aromatic carbocycles. The van der Waals surface area contributed by atoms with E-state index in [0.29, 0.717) is 0 Å². The van der Waals surface area contributed by atoms with Crippen molar-refractivity contribution in [2.75, 3.05) is 31.1 Å². The van der Waals surface area contributed by atoms with Gasteiger partial charge in [-0.3, -0.25) is 4.90 Å². The number of aromatic nitrogens is 2. The average Bonchev–Trinajstić information content (AvgIpc) is 3.06. The van der Waals surface area contributed by atoms with Gasteiger partial charge in [0.1, 0.15) is 17.0 Å². The summed E-state index contributed by atoms with van der Waals surface area (Å²) in [6, 6.07) is 10.4. The van der Waals surface area contributed by atoms with E-state index in [2.05, 4.69) is 44.9 Å². The first-order chi connectivity index (χ1) is 12.2. The average molecular weight is 373 g/mol. The minimum Gasteiger partial charge on any atom is -0.353 e. The van der Waals surface area contributed by atoms with Gasteiger partial charge < -0.3 is 4.90 Å². The maximum Gasteiger partial charge on any atom is 0.140 e. The molecule has 25 heavy (non-hydrogen) atoms. The Morgan fingerprint density at radius 2 is 1.96 bits per heavy atom. The van der Waals surface area contributed by atoms with Gasteiger partial charge in [-0.1, -0.05) is 30.7 Å². The monoisotopic (exact) mass is 372 g/mol. The van der Waals surface area contributed by atoms with E-state index in [4.69, 9.17) is 11.6 Å². The molecule has 3 heterocycles. The molecule has 4 rings (SSSR count). The number of halogens is 1. The lowest BCUT2D eigenvalue weighted by Crippen LogP contribution is -2.46. The van der Waals surface area contributed by atoms with Crippen LogP contribution in [-0.2, 0) is 13.0 Å². The van der Waals surface area contributed by atoms with Gasteiger partial charge in [0.2, 0.25) is 0 Å². The molecule has 6 heteroatoms. The Labute approximate surface area is 157 Å². The van der Waals surface area contributed by atoms with Crippen LogP contribution in [0.4, 0.5) is 5.82 Å². The van der Waals surface area contributed by atoms with E-state index in [1.807, 2.05) is 12.1 Å². The summed E-state index contributed by atoms with van der Waals surface area (Å²) in [6.45, 7) is 7.18. The lowest BCUT2D eigenvalue weighted by atomic mass is 10.2. The number of nitrogens with zero attached hydrogens (tertiary/aromatic N) is 4. The quantitative estimate of drug-likeness (QED) is 0.686. The van der Waals surface area contributed by atoms with E-state index in [1.54, 1.807) is 17.7 Å². The first-order valence-electron chi connectivity index (χ1n) is 8.68. The highest BCUT2D eigenvalue weighted by Gasteiger charge is 2.20. The van der Waals surface area contributed by atoms with E-state index >= 15 is 0 Å². The maximum absolute atomic E-state index is 6.10. The molecule has 1 aliphatic rings. The fourth-order valence-corrected chi connectivity index (χ4v) is 4.47. The molecule has 4 nitrogen and oxygen atoms in total. The molecule has 0 saturated carbocycles. The van der Waals surface area contributed by atoms with Gasteiger partial charge in [-0.25, -0.2) is 9.97 Å². The number of aryl methyl sites for hydroxylation is 1. The van der Waals surface area contributed by atoms with Crippen molar-refractivity contribution in [3.8, 4) is 0 Å². The molecule has 0 unspecified atom stereocenters. The molecule has 0 N–H and O–H groups in total. The van der Waals surface area contributed by atoms with Crippen molar-refractivity contribution in [3.63, 3.8) is 0 Å². The van der Waals surface area contributed by atoms with Gasteiger partial charge in [-0.15, -0.1) is 11.3 Å². The van der Waals surface area contributed by atoms with E-state index < -0.39 is 0 Å². The molecule has 1 fully saturated rings. The molecular formula is C19H21ClN4S. The first-order valence-corrected chi connectivity index (χ1v) is 9.87. The lowest BCUT2D eigenvalue weighted by Gasteiger charge is -2.35. The number of fused-ring (bicyclic) bond motifs is 1. The van der Waals surface area contributed by atoms with Gasteiger partial charge in [0.05, 0.1) is 5.39 Å². The molecule has 0 amide bonds. The highest BCUT2D eigenvalue weighted by molar-refractivity contribution is 7.18. The van der Waals surface area contributed by atoms with Crippen molar-refractivity contribution in [2.45, 2.75) is 19.9 Å². The number of rotatable bonds is 4. The van der Waals surface area contributed by atoms with Crippen LogP contribution in [0, 0.1) is 0 Å². The fraction of sp³-hybridized carbons (Fsp3) is 0.368. The minimum absolute atomic E-state index is 0.809. The van der Waals surface area contributed by atoms with Crippen molar-refractivity contribution >= 4 is 39.0 Å². The summed E-state index contributed by atoms with van der Waals surface area (Å²) in [5.74, 6) is 1.09.